The van der Waals surface area contributed by atoms with Crippen LogP contribution in [0.3, 0.4) is 0 Å². The molecule has 0 radical (unpaired) electrons. The Balaban J connectivity index is 2.57. The molecule has 2 unspecified atom stereocenters. The summed E-state index contributed by atoms with van der Waals surface area (Å²) in [7, 11) is 0. The van der Waals surface area contributed by atoms with Crippen LogP contribution < -0.4 is 0 Å². The maximum atomic E-state index is 10.6. The van der Waals surface area contributed by atoms with E-state index in [4.69, 9.17) is 4.55 Å². The SMILES string of the molecule is CSC1=CCC(S(=O)O)C=C1. The summed E-state index contributed by atoms with van der Waals surface area (Å²) in [5.41, 5.74) is 0. The zero-order valence-corrected chi connectivity index (χ0v) is 7.82. The van der Waals surface area contributed by atoms with Gasteiger partial charge in [-0.15, -0.1) is 11.8 Å². The van der Waals surface area contributed by atoms with Gasteiger partial charge in [0.25, 0.3) is 0 Å². The lowest BCUT2D eigenvalue weighted by Gasteiger charge is -2.10. The lowest BCUT2D eigenvalue weighted by Crippen LogP contribution is -2.12. The van der Waals surface area contributed by atoms with Crippen LogP contribution in [0.5, 0.6) is 0 Å². The van der Waals surface area contributed by atoms with E-state index in [1.807, 2.05) is 18.4 Å². The Morgan fingerprint density at radius 2 is 2.55 bits per heavy atom. The third kappa shape index (κ3) is 2.47. The van der Waals surface area contributed by atoms with E-state index in [1.54, 1.807) is 17.8 Å². The van der Waals surface area contributed by atoms with Crippen molar-refractivity contribution < 1.29 is 8.76 Å². The molecule has 1 rings (SSSR count). The number of hydrogen-bond acceptors (Lipinski definition) is 2. The molecule has 11 heavy (non-hydrogen) atoms. The quantitative estimate of drug-likeness (QED) is 0.674. The van der Waals surface area contributed by atoms with Gasteiger partial charge in [0.2, 0.25) is 0 Å². The van der Waals surface area contributed by atoms with Crippen molar-refractivity contribution >= 4 is 22.8 Å². The highest BCUT2D eigenvalue weighted by Crippen LogP contribution is 2.21. The first kappa shape index (κ1) is 9.03. The van der Waals surface area contributed by atoms with Crippen LogP contribution in [0.15, 0.2) is 23.1 Å². The molecule has 1 N–H and O–H groups in total. The summed E-state index contributed by atoms with van der Waals surface area (Å²) in [5, 5.41) is -0.203. The van der Waals surface area contributed by atoms with E-state index in [2.05, 4.69) is 0 Å². The molecule has 0 bridgehead atoms. The molecular formula is C7H10O2S2. The molecular weight excluding hydrogens is 180 g/mol. The topological polar surface area (TPSA) is 37.3 Å². The van der Waals surface area contributed by atoms with Gasteiger partial charge in [0, 0.05) is 4.91 Å². The van der Waals surface area contributed by atoms with Gasteiger partial charge in [0.05, 0.1) is 5.25 Å². The van der Waals surface area contributed by atoms with E-state index in [1.165, 1.54) is 4.91 Å². The maximum Gasteiger partial charge on any atom is 0.160 e. The average Bonchev–Trinajstić information content (AvgIpc) is 2.05. The summed E-state index contributed by atoms with van der Waals surface area (Å²) in [6, 6.07) is 0. The number of allylic oxidation sites excluding steroid dienone is 2. The molecule has 1 aliphatic rings. The standard InChI is InChI=1S/C7H10O2S2/c1-10-6-2-4-7(5-3-6)11(8)9/h2-4,7H,5H2,1H3,(H,8,9). The molecule has 0 aliphatic heterocycles. The highest BCUT2D eigenvalue weighted by molar-refractivity contribution is 8.02. The van der Waals surface area contributed by atoms with Crippen LogP contribution in [-0.4, -0.2) is 20.3 Å². The van der Waals surface area contributed by atoms with Crippen molar-refractivity contribution in [3.63, 3.8) is 0 Å². The summed E-state index contributed by atoms with van der Waals surface area (Å²) in [6.45, 7) is 0. The fraction of sp³-hybridized carbons (Fsp3) is 0.429. The van der Waals surface area contributed by atoms with Crippen molar-refractivity contribution in [1.29, 1.82) is 0 Å². The minimum Gasteiger partial charge on any atom is -0.306 e. The molecule has 0 amide bonds. The average molecular weight is 190 g/mol. The Labute approximate surface area is 73.0 Å². The van der Waals surface area contributed by atoms with E-state index < -0.39 is 11.1 Å². The van der Waals surface area contributed by atoms with E-state index in [0.29, 0.717) is 6.42 Å². The smallest absolute Gasteiger partial charge is 0.160 e. The molecule has 2 nitrogen and oxygen atoms in total. The highest BCUT2D eigenvalue weighted by Gasteiger charge is 2.12. The third-order valence-corrected chi connectivity index (χ3v) is 3.16. The van der Waals surface area contributed by atoms with Crippen LogP contribution in [0, 0.1) is 0 Å². The fourth-order valence-corrected chi connectivity index (χ4v) is 1.83. The molecule has 0 spiro atoms. The molecule has 0 aromatic rings. The molecule has 2 atom stereocenters. The molecule has 0 heterocycles. The molecule has 0 saturated heterocycles. The Kier molecular flexibility index (Phi) is 3.36. The predicted molar refractivity (Wildman–Crippen MR) is 49.9 cm³/mol. The highest BCUT2D eigenvalue weighted by atomic mass is 32.2. The van der Waals surface area contributed by atoms with E-state index >= 15 is 0 Å². The second kappa shape index (κ2) is 4.09. The van der Waals surface area contributed by atoms with Crippen molar-refractivity contribution in [2.45, 2.75) is 11.7 Å². The summed E-state index contributed by atoms with van der Waals surface area (Å²) >= 11 is -0.0564. The zero-order chi connectivity index (χ0) is 8.27. The molecule has 1 aliphatic carbocycles. The van der Waals surface area contributed by atoms with Crippen LogP contribution in [0.25, 0.3) is 0 Å². The monoisotopic (exact) mass is 190 g/mol. The Morgan fingerprint density at radius 1 is 1.82 bits per heavy atom. The zero-order valence-electron chi connectivity index (χ0n) is 6.19. The van der Waals surface area contributed by atoms with Crippen molar-refractivity contribution in [3.05, 3.63) is 23.1 Å². The normalized spacial score (nSPS) is 26.4. The fourth-order valence-electron chi connectivity index (χ4n) is 0.882. The van der Waals surface area contributed by atoms with Gasteiger partial charge in [0.1, 0.15) is 0 Å². The van der Waals surface area contributed by atoms with Gasteiger partial charge in [-0.2, -0.15) is 0 Å². The maximum absolute atomic E-state index is 10.6. The van der Waals surface area contributed by atoms with Gasteiger partial charge in [0.15, 0.2) is 11.1 Å². The summed E-state index contributed by atoms with van der Waals surface area (Å²) < 4.78 is 19.3. The first-order valence-corrected chi connectivity index (χ1v) is 5.65. The van der Waals surface area contributed by atoms with Crippen molar-refractivity contribution in [3.8, 4) is 0 Å². The lowest BCUT2D eigenvalue weighted by molar-refractivity contribution is 0.556. The first-order chi connectivity index (χ1) is 5.24. The minimum absolute atomic E-state index is 0.203. The first-order valence-electron chi connectivity index (χ1n) is 3.26. The van der Waals surface area contributed by atoms with E-state index in [0.717, 1.165) is 0 Å². The van der Waals surface area contributed by atoms with E-state index in [-0.39, 0.29) is 5.25 Å². The minimum atomic E-state index is -1.71. The molecule has 0 fully saturated rings. The van der Waals surface area contributed by atoms with E-state index in [9.17, 15) is 4.21 Å². The summed E-state index contributed by atoms with van der Waals surface area (Å²) in [5.74, 6) is 0. The van der Waals surface area contributed by atoms with Crippen LogP contribution in [0.4, 0.5) is 0 Å². The summed E-state index contributed by atoms with van der Waals surface area (Å²) in [4.78, 5) is 1.17. The van der Waals surface area contributed by atoms with Crippen molar-refractivity contribution in [2.24, 2.45) is 0 Å². The van der Waals surface area contributed by atoms with Crippen molar-refractivity contribution in [1.82, 2.24) is 0 Å². The van der Waals surface area contributed by atoms with Gasteiger partial charge < -0.3 is 4.55 Å². The number of thioether (sulfide) groups is 1. The Bertz CT molecular complexity index is 220. The van der Waals surface area contributed by atoms with Gasteiger partial charge >= 0.3 is 0 Å². The summed E-state index contributed by atoms with van der Waals surface area (Å²) in [6.07, 6.45) is 8.35. The molecule has 0 saturated carbocycles. The van der Waals surface area contributed by atoms with Gasteiger partial charge in [-0.1, -0.05) is 18.2 Å². The molecule has 0 aromatic heterocycles. The third-order valence-electron chi connectivity index (χ3n) is 1.52. The van der Waals surface area contributed by atoms with Gasteiger partial charge in [-0.05, 0) is 12.7 Å². The lowest BCUT2D eigenvalue weighted by atomic mass is 10.2. The Hall–Kier alpha value is -0.0600. The van der Waals surface area contributed by atoms with Crippen LogP contribution in [-0.2, 0) is 11.1 Å². The number of hydrogen-bond donors (Lipinski definition) is 1. The predicted octanol–water partition coefficient (Wildman–Crippen LogP) is 1.78. The molecule has 4 heteroatoms. The largest absolute Gasteiger partial charge is 0.306 e. The van der Waals surface area contributed by atoms with Crippen LogP contribution in [0.2, 0.25) is 0 Å². The van der Waals surface area contributed by atoms with Crippen molar-refractivity contribution in [2.75, 3.05) is 6.26 Å². The number of rotatable bonds is 2. The second-order valence-corrected chi connectivity index (χ2v) is 4.26. The van der Waals surface area contributed by atoms with Crippen LogP contribution in [0.1, 0.15) is 6.42 Å². The van der Waals surface area contributed by atoms with Gasteiger partial charge in [-0.25, -0.2) is 4.21 Å². The van der Waals surface area contributed by atoms with Crippen LogP contribution >= 0.6 is 11.8 Å². The molecule has 62 valence electrons. The Morgan fingerprint density at radius 3 is 2.91 bits per heavy atom. The molecule has 0 aromatic carbocycles. The second-order valence-electron chi connectivity index (χ2n) is 2.22. The van der Waals surface area contributed by atoms with Gasteiger partial charge in [-0.3, -0.25) is 0 Å².